The van der Waals surface area contributed by atoms with Crippen LogP contribution in [-0.2, 0) is 0 Å². The summed E-state index contributed by atoms with van der Waals surface area (Å²) in [6.45, 7) is 5.01. The quantitative estimate of drug-likeness (QED) is 0.771. The molecule has 0 aliphatic carbocycles. The maximum Gasteiger partial charge on any atom is 0.253 e. The summed E-state index contributed by atoms with van der Waals surface area (Å²) in [7, 11) is 0. The van der Waals surface area contributed by atoms with Crippen LogP contribution in [0.5, 0.6) is 0 Å². The molecule has 0 radical (unpaired) electrons. The van der Waals surface area contributed by atoms with E-state index in [1.54, 1.807) is 4.90 Å². The van der Waals surface area contributed by atoms with Gasteiger partial charge in [-0.3, -0.25) is 4.79 Å². The number of benzene rings is 1. The zero-order chi connectivity index (χ0) is 12.4. The van der Waals surface area contributed by atoms with Crippen molar-refractivity contribution in [3.05, 3.63) is 35.4 Å². The van der Waals surface area contributed by atoms with Gasteiger partial charge in [0.2, 0.25) is 0 Å². The number of carbonyl (C=O) groups is 1. The smallest absolute Gasteiger partial charge is 0.253 e. The van der Waals surface area contributed by atoms with E-state index in [1.807, 2.05) is 24.3 Å². The SMILES string of the molecule is CC(C)c1ccc(C(=O)N2CC[C@@H](F)C2)cc1. The van der Waals surface area contributed by atoms with E-state index < -0.39 is 6.17 Å². The molecule has 1 heterocycles. The van der Waals surface area contributed by atoms with Crippen LogP contribution in [0.2, 0.25) is 0 Å². The molecule has 0 aromatic heterocycles. The molecule has 17 heavy (non-hydrogen) atoms. The molecule has 1 saturated heterocycles. The first-order valence-electron chi connectivity index (χ1n) is 6.11. The lowest BCUT2D eigenvalue weighted by Gasteiger charge is -2.15. The number of halogens is 1. The van der Waals surface area contributed by atoms with Crippen LogP contribution in [-0.4, -0.2) is 30.1 Å². The Labute approximate surface area is 101 Å². The van der Waals surface area contributed by atoms with Gasteiger partial charge in [-0.15, -0.1) is 0 Å². The Balaban J connectivity index is 2.09. The van der Waals surface area contributed by atoms with Gasteiger partial charge >= 0.3 is 0 Å². The molecule has 1 fully saturated rings. The molecule has 0 N–H and O–H groups in total. The summed E-state index contributed by atoms with van der Waals surface area (Å²) in [4.78, 5) is 13.6. The van der Waals surface area contributed by atoms with E-state index in [2.05, 4.69) is 13.8 Å². The minimum absolute atomic E-state index is 0.0551. The van der Waals surface area contributed by atoms with Gasteiger partial charge in [-0.25, -0.2) is 4.39 Å². The second-order valence-electron chi connectivity index (χ2n) is 4.91. The molecule has 0 bridgehead atoms. The number of likely N-dealkylation sites (tertiary alicyclic amines) is 1. The van der Waals surface area contributed by atoms with Crippen molar-refractivity contribution >= 4 is 5.91 Å². The molecule has 0 saturated carbocycles. The topological polar surface area (TPSA) is 20.3 Å². The largest absolute Gasteiger partial charge is 0.336 e. The van der Waals surface area contributed by atoms with Crippen molar-refractivity contribution in [2.75, 3.05) is 13.1 Å². The summed E-state index contributed by atoms with van der Waals surface area (Å²) in [5, 5.41) is 0. The first kappa shape index (κ1) is 12.1. The van der Waals surface area contributed by atoms with E-state index in [0.717, 1.165) is 0 Å². The lowest BCUT2D eigenvalue weighted by Crippen LogP contribution is -2.28. The average molecular weight is 235 g/mol. The van der Waals surface area contributed by atoms with Gasteiger partial charge in [-0.2, -0.15) is 0 Å². The standard InChI is InChI=1S/C14H18FNO/c1-10(2)11-3-5-12(6-4-11)14(17)16-8-7-13(15)9-16/h3-6,10,13H,7-9H2,1-2H3/t13-/m1/s1. The van der Waals surface area contributed by atoms with Crippen molar-refractivity contribution in [3.8, 4) is 0 Å². The van der Waals surface area contributed by atoms with E-state index in [9.17, 15) is 9.18 Å². The Morgan fingerprint density at radius 1 is 1.35 bits per heavy atom. The van der Waals surface area contributed by atoms with Gasteiger partial charge in [0, 0.05) is 12.1 Å². The number of rotatable bonds is 2. The highest BCUT2D eigenvalue weighted by molar-refractivity contribution is 5.94. The van der Waals surface area contributed by atoms with Gasteiger partial charge < -0.3 is 4.90 Å². The molecule has 0 unspecified atom stereocenters. The predicted octanol–water partition coefficient (Wildman–Crippen LogP) is 2.99. The number of hydrogen-bond donors (Lipinski definition) is 0. The zero-order valence-electron chi connectivity index (χ0n) is 10.3. The fraction of sp³-hybridized carbons (Fsp3) is 0.500. The summed E-state index contributed by atoms with van der Waals surface area (Å²) >= 11 is 0. The molecule has 92 valence electrons. The molecule has 1 aliphatic heterocycles. The normalized spacial score (nSPS) is 20.0. The van der Waals surface area contributed by atoms with Crippen molar-refractivity contribution in [2.45, 2.75) is 32.4 Å². The number of nitrogens with zero attached hydrogens (tertiary/aromatic N) is 1. The minimum Gasteiger partial charge on any atom is -0.336 e. The molecule has 2 rings (SSSR count). The van der Waals surface area contributed by atoms with Crippen LogP contribution in [0.3, 0.4) is 0 Å². The monoisotopic (exact) mass is 235 g/mol. The number of alkyl halides is 1. The Morgan fingerprint density at radius 3 is 2.47 bits per heavy atom. The van der Waals surface area contributed by atoms with E-state index in [1.165, 1.54) is 5.56 Å². The molecule has 2 nitrogen and oxygen atoms in total. The van der Waals surface area contributed by atoms with E-state index in [0.29, 0.717) is 24.4 Å². The summed E-state index contributed by atoms with van der Waals surface area (Å²) < 4.78 is 13.0. The van der Waals surface area contributed by atoms with Crippen molar-refractivity contribution in [1.29, 1.82) is 0 Å². The van der Waals surface area contributed by atoms with E-state index >= 15 is 0 Å². The highest BCUT2D eigenvalue weighted by atomic mass is 19.1. The molecule has 3 heteroatoms. The Morgan fingerprint density at radius 2 is 2.00 bits per heavy atom. The number of carbonyl (C=O) groups excluding carboxylic acids is 1. The fourth-order valence-electron chi connectivity index (χ4n) is 2.10. The highest BCUT2D eigenvalue weighted by Crippen LogP contribution is 2.18. The highest BCUT2D eigenvalue weighted by Gasteiger charge is 2.26. The van der Waals surface area contributed by atoms with Crippen LogP contribution in [0.1, 0.15) is 42.1 Å². The predicted molar refractivity (Wildman–Crippen MR) is 65.9 cm³/mol. The third-order valence-electron chi connectivity index (χ3n) is 3.24. The molecule has 1 aromatic carbocycles. The van der Waals surface area contributed by atoms with Crippen LogP contribution in [0, 0.1) is 0 Å². The molecular formula is C14H18FNO. The molecule has 0 spiro atoms. The number of hydrogen-bond acceptors (Lipinski definition) is 1. The number of amides is 1. The lowest BCUT2D eigenvalue weighted by atomic mass is 10.0. The van der Waals surface area contributed by atoms with Gasteiger partial charge in [-0.1, -0.05) is 26.0 Å². The first-order chi connectivity index (χ1) is 8.08. The van der Waals surface area contributed by atoms with Gasteiger partial charge in [0.05, 0.1) is 6.54 Å². The maximum absolute atomic E-state index is 13.0. The van der Waals surface area contributed by atoms with Gasteiger partial charge in [0.1, 0.15) is 6.17 Å². The van der Waals surface area contributed by atoms with Crippen molar-refractivity contribution in [1.82, 2.24) is 4.90 Å². The Bertz CT molecular complexity index is 399. The third kappa shape index (κ3) is 2.65. The second-order valence-corrected chi connectivity index (χ2v) is 4.91. The summed E-state index contributed by atoms with van der Waals surface area (Å²) in [5.74, 6) is 0.404. The molecule has 1 amide bonds. The maximum atomic E-state index is 13.0. The summed E-state index contributed by atoms with van der Waals surface area (Å²) in [5.41, 5.74) is 1.87. The van der Waals surface area contributed by atoms with Crippen LogP contribution < -0.4 is 0 Å². The Hall–Kier alpha value is -1.38. The average Bonchev–Trinajstić information content (AvgIpc) is 2.75. The molecule has 1 atom stereocenters. The van der Waals surface area contributed by atoms with Crippen LogP contribution in [0.4, 0.5) is 4.39 Å². The Kier molecular flexibility index (Phi) is 3.46. The van der Waals surface area contributed by atoms with Crippen LogP contribution in [0.15, 0.2) is 24.3 Å². The third-order valence-corrected chi connectivity index (χ3v) is 3.24. The summed E-state index contributed by atoms with van der Waals surface area (Å²) in [6, 6.07) is 7.62. The first-order valence-corrected chi connectivity index (χ1v) is 6.11. The summed E-state index contributed by atoms with van der Waals surface area (Å²) in [6.07, 6.45) is -0.385. The van der Waals surface area contributed by atoms with Crippen LogP contribution in [0.25, 0.3) is 0 Å². The van der Waals surface area contributed by atoms with Crippen molar-refractivity contribution in [2.24, 2.45) is 0 Å². The zero-order valence-corrected chi connectivity index (χ0v) is 10.3. The van der Waals surface area contributed by atoms with Gasteiger partial charge in [-0.05, 0) is 30.0 Å². The van der Waals surface area contributed by atoms with Gasteiger partial charge in [0.15, 0.2) is 0 Å². The van der Waals surface area contributed by atoms with Crippen molar-refractivity contribution in [3.63, 3.8) is 0 Å². The van der Waals surface area contributed by atoms with Crippen molar-refractivity contribution < 1.29 is 9.18 Å². The molecular weight excluding hydrogens is 217 g/mol. The second kappa shape index (κ2) is 4.86. The van der Waals surface area contributed by atoms with E-state index in [4.69, 9.17) is 0 Å². The lowest BCUT2D eigenvalue weighted by molar-refractivity contribution is 0.0783. The van der Waals surface area contributed by atoms with Gasteiger partial charge in [0.25, 0.3) is 5.91 Å². The van der Waals surface area contributed by atoms with E-state index in [-0.39, 0.29) is 12.5 Å². The van der Waals surface area contributed by atoms with Crippen LogP contribution >= 0.6 is 0 Å². The fourth-order valence-corrected chi connectivity index (χ4v) is 2.10. The minimum atomic E-state index is -0.853. The molecule has 1 aliphatic rings. The molecule has 1 aromatic rings.